The summed E-state index contributed by atoms with van der Waals surface area (Å²) in [7, 11) is 1.78. The van der Waals surface area contributed by atoms with Gasteiger partial charge < -0.3 is 10.2 Å². The monoisotopic (exact) mass is 469 g/mol. The number of hydrogen-bond acceptors (Lipinski definition) is 3. The molecule has 1 aliphatic rings. The van der Waals surface area contributed by atoms with E-state index in [0.717, 1.165) is 30.4 Å². The van der Waals surface area contributed by atoms with Crippen molar-refractivity contribution in [3.8, 4) is 0 Å². The topological polar surface area (TPSA) is 52.7 Å². The second-order valence-electron chi connectivity index (χ2n) is 9.35. The van der Waals surface area contributed by atoms with Crippen molar-refractivity contribution in [2.75, 3.05) is 7.05 Å². The first-order valence-corrected chi connectivity index (χ1v) is 12.5. The van der Waals surface area contributed by atoms with Gasteiger partial charge in [-0.1, -0.05) is 97.4 Å². The first-order valence-electron chi connectivity index (χ1n) is 12.5. The Balaban J connectivity index is 1.50. The standard InChI is InChI=1S/C30H35N3O2/c1-23-28(26-19-10-5-11-20-26)33(30(35)32(23)2)29(34)27(31-22-25-17-8-4-9-18-25)21-13-12-16-24-14-6-3-7-15-24/h3-11,14-15,17-20,23,27-28,31H,12-13,16,21-22H2,1-2H3/t23-,27+,28-/m0/s1. The number of carbonyl (C=O) groups is 2. The van der Waals surface area contributed by atoms with Crippen LogP contribution in [0.15, 0.2) is 91.0 Å². The molecule has 3 atom stereocenters. The molecule has 5 heteroatoms. The second-order valence-corrected chi connectivity index (χ2v) is 9.35. The van der Waals surface area contributed by atoms with E-state index >= 15 is 0 Å². The Morgan fingerprint density at radius 1 is 0.857 bits per heavy atom. The second kappa shape index (κ2) is 11.8. The van der Waals surface area contributed by atoms with E-state index in [-0.39, 0.29) is 24.0 Å². The molecule has 0 aliphatic carbocycles. The van der Waals surface area contributed by atoms with Crippen molar-refractivity contribution in [2.24, 2.45) is 0 Å². The van der Waals surface area contributed by atoms with Crippen molar-refractivity contribution in [2.45, 2.75) is 57.3 Å². The maximum atomic E-state index is 13.9. The lowest BCUT2D eigenvalue weighted by atomic mass is 9.98. The third kappa shape index (κ3) is 5.98. The van der Waals surface area contributed by atoms with E-state index in [1.165, 1.54) is 10.5 Å². The van der Waals surface area contributed by atoms with Crippen molar-refractivity contribution in [3.05, 3.63) is 108 Å². The molecule has 1 saturated heterocycles. The number of hydrogen-bond donors (Lipinski definition) is 1. The quantitative estimate of drug-likeness (QED) is 0.394. The highest BCUT2D eigenvalue weighted by Crippen LogP contribution is 2.35. The normalized spacial score (nSPS) is 18.6. The van der Waals surface area contributed by atoms with Crippen LogP contribution in [-0.2, 0) is 17.8 Å². The minimum absolute atomic E-state index is 0.0956. The van der Waals surface area contributed by atoms with E-state index < -0.39 is 6.04 Å². The third-order valence-corrected chi connectivity index (χ3v) is 6.98. The number of carbonyl (C=O) groups excluding carboxylic acids is 2. The number of imide groups is 1. The Morgan fingerprint density at radius 3 is 2.06 bits per heavy atom. The highest BCUT2D eigenvalue weighted by Gasteiger charge is 2.47. The SMILES string of the molecule is C[C@H]1[C@@H](c2ccccc2)N(C(=O)[C@@H](CCCCc2ccccc2)NCc2ccccc2)C(=O)N1C. The smallest absolute Gasteiger partial charge is 0.322 e. The maximum absolute atomic E-state index is 13.9. The number of unbranched alkanes of at least 4 members (excludes halogenated alkanes) is 1. The summed E-state index contributed by atoms with van der Waals surface area (Å²) in [6.45, 7) is 2.59. The van der Waals surface area contributed by atoms with Crippen molar-refractivity contribution < 1.29 is 9.59 Å². The lowest BCUT2D eigenvalue weighted by Crippen LogP contribution is -2.48. The van der Waals surface area contributed by atoms with E-state index in [1.807, 2.05) is 73.7 Å². The molecule has 5 nitrogen and oxygen atoms in total. The first kappa shape index (κ1) is 24.7. The Bertz CT molecular complexity index is 1090. The molecule has 1 fully saturated rings. The number of benzene rings is 3. The molecule has 35 heavy (non-hydrogen) atoms. The van der Waals surface area contributed by atoms with Gasteiger partial charge in [0.05, 0.1) is 18.1 Å². The van der Waals surface area contributed by atoms with Gasteiger partial charge in [-0.05, 0) is 42.9 Å². The number of urea groups is 1. The summed E-state index contributed by atoms with van der Waals surface area (Å²) in [5.74, 6) is -0.143. The fourth-order valence-electron chi connectivity index (χ4n) is 4.84. The van der Waals surface area contributed by atoms with Gasteiger partial charge in [0, 0.05) is 13.6 Å². The summed E-state index contributed by atoms with van der Waals surface area (Å²) in [6.07, 6.45) is 3.56. The van der Waals surface area contributed by atoms with Gasteiger partial charge in [-0.25, -0.2) is 4.79 Å². The summed E-state index contributed by atoms with van der Waals surface area (Å²) in [6, 6.07) is 29.3. The molecule has 1 heterocycles. The maximum Gasteiger partial charge on any atom is 0.327 e. The zero-order valence-electron chi connectivity index (χ0n) is 20.6. The van der Waals surface area contributed by atoms with Gasteiger partial charge in [0.15, 0.2) is 0 Å². The van der Waals surface area contributed by atoms with Gasteiger partial charge in [0.2, 0.25) is 5.91 Å². The van der Waals surface area contributed by atoms with Gasteiger partial charge >= 0.3 is 6.03 Å². The van der Waals surface area contributed by atoms with Crippen LogP contribution in [0.25, 0.3) is 0 Å². The summed E-state index contributed by atoms with van der Waals surface area (Å²) in [5, 5.41) is 3.47. The third-order valence-electron chi connectivity index (χ3n) is 6.98. The lowest BCUT2D eigenvalue weighted by Gasteiger charge is -2.28. The van der Waals surface area contributed by atoms with Gasteiger partial charge in [-0.15, -0.1) is 0 Å². The van der Waals surface area contributed by atoms with Crippen LogP contribution in [-0.4, -0.2) is 40.9 Å². The Labute approximate surface area is 208 Å². The fourth-order valence-corrected chi connectivity index (χ4v) is 4.84. The van der Waals surface area contributed by atoms with Crippen molar-refractivity contribution in [3.63, 3.8) is 0 Å². The summed E-state index contributed by atoms with van der Waals surface area (Å²) < 4.78 is 0. The zero-order chi connectivity index (χ0) is 24.6. The van der Waals surface area contributed by atoms with Crippen molar-refractivity contribution >= 4 is 11.9 Å². The predicted octanol–water partition coefficient (Wildman–Crippen LogP) is 5.58. The van der Waals surface area contributed by atoms with Crippen LogP contribution >= 0.6 is 0 Å². The van der Waals surface area contributed by atoms with Crippen LogP contribution in [0.5, 0.6) is 0 Å². The van der Waals surface area contributed by atoms with Crippen LogP contribution in [0.3, 0.4) is 0 Å². The van der Waals surface area contributed by atoms with Crippen LogP contribution in [0.1, 0.15) is 48.9 Å². The Morgan fingerprint density at radius 2 is 1.43 bits per heavy atom. The number of aryl methyl sites for hydroxylation is 1. The number of nitrogens with zero attached hydrogens (tertiary/aromatic N) is 2. The highest BCUT2D eigenvalue weighted by atomic mass is 16.2. The molecule has 1 N–H and O–H groups in total. The Kier molecular flexibility index (Phi) is 8.32. The van der Waals surface area contributed by atoms with Crippen LogP contribution in [0.4, 0.5) is 4.79 Å². The van der Waals surface area contributed by atoms with Crippen molar-refractivity contribution in [1.29, 1.82) is 0 Å². The number of amides is 3. The molecule has 4 rings (SSSR count). The molecule has 0 unspecified atom stereocenters. The molecule has 182 valence electrons. The molecule has 0 aromatic heterocycles. The molecule has 0 bridgehead atoms. The molecule has 0 saturated carbocycles. The van der Waals surface area contributed by atoms with Gasteiger partial charge in [-0.2, -0.15) is 0 Å². The Hall–Kier alpha value is -3.44. The van der Waals surface area contributed by atoms with E-state index in [4.69, 9.17) is 0 Å². The van der Waals surface area contributed by atoms with Crippen LogP contribution < -0.4 is 5.32 Å². The lowest BCUT2D eigenvalue weighted by molar-refractivity contribution is -0.132. The average molecular weight is 470 g/mol. The number of likely N-dealkylation sites (N-methyl/N-ethyl adjacent to an activating group) is 1. The molecule has 3 aromatic rings. The molecule has 3 aromatic carbocycles. The largest absolute Gasteiger partial charge is 0.327 e. The molecule has 0 spiro atoms. The summed E-state index contributed by atoms with van der Waals surface area (Å²) in [5.41, 5.74) is 3.41. The summed E-state index contributed by atoms with van der Waals surface area (Å²) in [4.78, 5) is 30.3. The molecule has 1 aliphatic heterocycles. The minimum atomic E-state index is -0.431. The zero-order valence-corrected chi connectivity index (χ0v) is 20.6. The molecule has 0 radical (unpaired) electrons. The average Bonchev–Trinajstić information content (AvgIpc) is 3.13. The first-order chi connectivity index (χ1) is 17.1. The van der Waals surface area contributed by atoms with Crippen LogP contribution in [0, 0.1) is 0 Å². The van der Waals surface area contributed by atoms with Gasteiger partial charge in [-0.3, -0.25) is 9.69 Å². The predicted molar refractivity (Wildman–Crippen MR) is 140 cm³/mol. The van der Waals surface area contributed by atoms with E-state index in [0.29, 0.717) is 13.0 Å². The molecular weight excluding hydrogens is 434 g/mol. The number of rotatable bonds is 10. The fraction of sp³-hybridized carbons (Fsp3) is 0.333. The van der Waals surface area contributed by atoms with E-state index in [1.54, 1.807) is 11.9 Å². The van der Waals surface area contributed by atoms with Crippen LogP contribution in [0.2, 0.25) is 0 Å². The summed E-state index contributed by atoms with van der Waals surface area (Å²) >= 11 is 0. The van der Waals surface area contributed by atoms with E-state index in [9.17, 15) is 9.59 Å². The highest BCUT2D eigenvalue weighted by molar-refractivity contribution is 5.99. The number of nitrogens with one attached hydrogen (secondary N) is 1. The minimum Gasteiger partial charge on any atom is -0.322 e. The van der Waals surface area contributed by atoms with Gasteiger partial charge in [0.1, 0.15) is 0 Å². The molecule has 3 amide bonds. The molecular formula is C30H35N3O2. The van der Waals surface area contributed by atoms with Crippen molar-refractivity contribution in [1.82, 2.24) is 15.1 Å². The van der Waals surface area contributed by atoms with Gasteiger partial charge in [0.25, 0.3) is 0 Å². The van der Waals surface area contributed by atoms with E-state index in [2.05, 4.69) is 29.6 Å².